The second kappa shape index (κ2) is 4.32. The summed E-state index contributed by atoms with van der Waals surface area (Å²) in [7, 11) is 1.67. The minimum atomic E-state index is 0.451. The van der Waals surface area contributed by atoms with Crippen LogP contribution in [-0.4, -0.2) is 22.1 Å². The summed E-state index contributed by atoms with van der Waals surface area (Å²) in [6.07, 6.45) is 0. The number of para-hydroxylation sites is 1. The molecule has 16 heavy (non-hydrogen) atoms. The Morgan fingerprint density at radius 2 is 2.12 bits per heavy atom. The quantitative estimate of drug-likeness (QED) is 0.843. The summed E-state index contributed by atoms with van der Waals surface area (Å²) in [6, 6.07) is 7.88. The van der Waals surface area contributed by atoms with Gasteiger partial charge in [-0.1, -0.05) is 23.4 Å². The van der Waals surface area contributed by atoms with Gasteiger partial charge in [-0.3, -0.25) is 0 Å². The van der Waals surface area contributed by atoms with E-state index in [1.54, 1.807) is 11.8 Å². The Morgan fingerprint density at radius 1 is 1.38 bits per heavy atom. The van der Waals surface area contributed by atoms with E-state index < -0.39 is 0 Å². The number of ether oxygens (including phenoxy) is 1. The first-order valence-electron chi connectivity index (χ1n) is 4.99. The predicted octanol–water partition coefficient (Wildman–Crippen LogP) is 1.30. The van der Waals surface area contributed by atoms with Crippen molar-refractivity contribution in [1.82, 2.24) is 15.0 Å². The highest BCUT2D eigenvalue weighted by atomic mass is 16.5. The first kappa shape index (κ1) is 10.6. The van der Waals surface area contributed by atoms with Crippen molar-refractivity contribution < 1.29 is 4.74 Å². The fourth-order valence-electron chi connectivity index (χ4n) is 1.56. The van der Waals surface area contributed by atoms with Crippen molar-refractivity contribution in [3.63, 3.8) is 0 Å². The number of nitrogens with zero attached hydrogens (tertiary/aromatic N) is 3. The third kappa shape index (κ3) is 1.77. The Bertz CT molecular complexity index is 492. The number of rotatable bonds is 3. The molecule has 0 saturated carbocycles. The molecular weight excluding hydrogens is 204 g/mol. The highest BCUT2D eigenvalue weighted by molar-refractivity contribution is 5.44. The van der Waals surface area contributed by atoms with E-state index in [1.165, 1.54) is 0 Å². The zero-order chi connectivity index (χ0) is 11.5. The van der Waals surface area contributed by atoms with Crippen LogP contribution in [-0.2, 0) is 11.3 Å². The maximum atomic E-state index is 5.68. The average Bonchev–Trinajstić information content (AvgIpc) is 2.61. The third-order valence-electron chi connectivity index (χ3n) is 2.45. The van der Waals surface area contributed by atoms with Gasteiger partial charge in [-0.2, -0.15) is 0 Å². The highest BCUT2D eigenvalue weighted by Crippen LogP contribution is 2.18. The minimum absolute atomic E-state index is 0.451. The van der Waals surface area contributed by atoms with Crippen molar-refractivity contribution in [2.75, 3.05) is 12.8 Å². The number of hydrogen-bond acceptors (Lipinski definition) is 4. The molecule has 2 aromatic rings. The van der Waals surface area contributed by atoms with Gasteiger partial charge in [0.05, 0.1) is 18.0 Å². The van der Waals surface area contributed by atoms with Gasteiger partial charge in [-0.15, -0.1) is 5.10 Å². The van der Waals surface area contributed by atoms with Gasteiger partial charge >= 0.3 is 0 Å². The van der Waals surface area contributed by atoms with Gasteiger partial charge in [0.1, 0.15) is 0 Å². The maximum absolute atomic E-state index is 5.68. The van der Waals surface area contributed by atoms with Gasteiger partial charge in [0, 0.05) is 12.7 Å². The standard InChI is InChI=1S/C11H14N4O/c1-8-11(12)13-14-15(8)10-6-4-3-5-9(10)7-16-2/h3-6H,7,12H2,1-2H3. The number of methoxy groups -OCH3 is 1. The van der Waals surface area contributed by atoms with Crippen LogP contribution >= 0.6 is 0 Å². The second-order valence-corrected chi connectivity index (χ2v) is 3.53. The van der Waals surface area contributed by atoms with Crippen LogP contribution in [0.3, 0.4) is 0 Å². The number of hydrogen-bond donors (Lipinski definition) is 1. The van der Waals surface area contributed by atoms with Gasteiger partial charge in [-0.05, 0) is 13.0 Å². The lowest BCUT2D eigenvalue weighted by atomic mass is 10.2. The van der Waals surface area contributed by atoms with Crippen molar-refractivity contribution in [2.45, 2.75) is 13.5 Å². The zero-order valence-electron chi connectivity index (χ0n) is 9.34. The topological polar surface area (TPSA) is 66.0 Å². The number of nitrogens with two attached hydrogens (primary N) is 1. The molecule has 2 rings (SSSR count). The highest BCUT2D eigenvalue weighted by Gasteiger charge is 2.10. The minimum Gasteiger partial charge on any atom is -0.381 e. The normalized spacial score (nSPS) is 10.6. The summed E-state index contributed by atoms with van der Waals surface area (Å²) in [5.41, 5.74) is 8.52. The monoisotopic (exact) mass is 218 g/mol. The molecule has 0 atom stereocenters. The molecule has 1 aromatic heterocycles. The Hall–Kier alpha value is -1.88. The summed E-state index contributed by atoms with van der Waals surface area (Å²) in [6.45, 7) is 2.42. The Morgan fingerprint density at radius 3 is 2.75 bits per heavy atom. The molecule has 2 N–H and O–H groups in total. The molecule has 0 spiro atoms. The summed E-state index contributed by atoms with van der Waals surface area (Å²) in [5.74, 6) is 0.451. The first-order chi connectivity index (χ1) is 7.74. The van der Waals surface area contributed by atoms with E-state index >= 15 is 0 Å². The van der Waals surface area contributed by atoms with Crippen LogP contribution in [0.4, 0.5) is 5.82 Å². The summed E-state index contributed by atoms with van der Waals surface area (Å²) >= 11 is 0. The molecule has 0 bridgehead atoms. The molecule has 84 valence electrons. The molecule has 5 nitrogen and oxygen atoms in total. The van der Waals surface area contributed by atoms with E-state index in [4.69, 9.17) is 10.5 Å². The fourth-order valence-corrected chi connectivity index (χ4v) is 1.56. The van der Waals surface area contributed by atoms with E-state index in [0.29, 0.717) is 12.4 Å². The van der Waals surface area contributed by atoms with Gasteiger partial charge in [0.25, 0.3) is 0 Å². The Balaban J connectivity index is 2.51. The molecular formula is C11H14N4O. The number of aromatic nitrogens is 3. The molecule has 5 heteroatoms. The molecule has 0 saturated heterocycles. The van der Waals surface area contributed by atoms with E-state index in [0.717, 1.165) is 16.9 Å². The molecule has 0 fully saturated rings. The van der Waals surface area contributed by atoms with Gasteiger partial charge in [-0.25, -0.2) is 4.68 Å². The molecule has 0 amide bonds. The lowest BCUT2D eigenvalue weighted by Crippen LogP contribution is -2.04. The van der Waals surface area contributed by atoms with Crippen molar-refractivity contribution in [3.8, 4) is 5.69 Å². The SMILES string of the molecule is COCc1ccccc1-n1nnc(N)c1C. The molecule has 1 aromatic carbocycles. The largest absolute Gasteiger partial charge is 0.381 e. The molecule has 0 radical (unpaired) electrons. The van der Waals surface area contributed by atoms with Crippen LogP contribution in [0.2, 0.25) is 0 Å². The maximum Gasteiger partial charge on any atom is 0.169 e. The molecule has 0 unspecified atom stereocenters. The van der Waals surface area contributed by atoms with Crippen LogP contribution < -0.4 is 5.73 Å². The first-order valence-corrected chi connectivity index (χ1v) is 4.99. The number of nitrogen functional groups attached to an aromatic ring is 1. The van der Waals surface area contributed by atoms with Crippen molar-refractivity contribution in [2.24, 2.45) is 0 Å². The zero-order valence-corrected chi connectivity index (χ0v) is 9.34. The average molecular weight is 218 g/mol. The van der Waals surface area contributed by atoms with Crippen LogP contribution in [0.1, 0.15) is 11.3 Å². The lowest BCUT2D eigenvalue weighted by molar-refractivity contribution is 0.184. The van der Waals surface area contributed by atoms with Gasteiger partial charge in [0.2, 0.25) is 0 Å². The van der Waals surface area contributed by atoms with Crippen LogP contribution in [0.15, 0.2) is 24.3 Å². The third-order valence-corrected chi connectivity index (χ3v) is 2.45. The molecule has 0 aliphatic carbocycles. The van der Waals surface area contributed by atoms with E-state index in [9.17, 15) is 0 Å². The lowest BCUT2D eigenvalue weighted by Gasteiger charge is -2.09. The van der Waals surface area contributed by atoms with E-state index in [-0.39, 0.29) is 0 Å². The molecule has 1 heterocycles. The summed E-state index contributed by atoms with van der Waals surface area (Å²) in [5, 5.41) is 7.86. The summed E-state index contributed by atoms with van der Waals surface area (Å²) < 4.78 is 6.87. The Kier molecular flexibility index (Phi) is 2.87. The number of benzene rings is 1. The van der Waals surface area contributed by atoms with Crippen molar-refractivity contribution in [1.29, 1.82) is 0 Å². The van der Waals surface area contributed by atoms with Gasteiger partial charge in [0.15, 0.2) is 5.82 Å². The Labute approximate surface area is 93.8 Å². The van der Waals surface area contributed by atoms with Crippen LogP contribution in [0.25, 0.3) is 5.69 Å². The van der Waals surface area contributed by atoms with Crippen LogP contribution in [0.5, 0.6) is 0 Å². The smallest absolute Gasteiger partial charge is 0.169 e. The molecule has 0 aliphatic heterocycles. The second-order valence-electron chi connectivity index (χ2n) is 3.53. The van der Waals surface area contributed by atoms with Gasteiger partial charge < -0.3 is 10.5 Å². The fraction of sp³-hybridized carbons (Fsp3) is 0.273. The van der Waals surface area contributed by atoms with Crippen LogP contribution in [0, 0.1) is 6.92 Å². The van der Waals surface area contributed by atoms with Crippen molar-refractivity contribution in [3.05, 3.63) is 35.5 Å². The summed E-state index contributed by atoms with van der Waals surface area (Å²) in [4.78, 5) is 0. The van der Waals surface area contributed by atoms with E-state index in [2.05, 4.69) is 10.3 Å². The molecule has 0 aliphatic rings. The number of anilines is 1. The van der Waals surface area contributed by atoms with E-state index in [1.807, 2.05) is 31.2 Å². The predicted molar refractivity (Wildman–Crippen MR) is 61.2 cm³/mol. The van der Waals surface area contributed by atoms with Crippen molar-refractivity contribution >= 4 is 5.82 Å².